The molecule has 0 saturated carbocycles. The number of methoxy groups -OCH3 is 1. The molecule has 1 aliphatic heterocycles. The normalized spacial score (nSPS) is 18.9. The van der Waals surface area contributed by atoms with Crippen molar-refractivity contribution in [2.75, 3.05) is 20.2 Å². The van der Waals surface area contributed by atoms with E-state index in [9.17, 15) is 9.59 Å². The van der Waals surface area contributed by atoms with E-state index in [1.807, 2.05) is 20.8 Å². The van der Waals surface area contributed by atoms with Crippen molar-refractivity contribution in [3.8, 4) is 0 Å². The molecule has 0 atom stereocenters. The summed E-state index contributed by atoms with van der Waals surface area (Å²) in [6, 6.07) is 0. The second-order valence-electron chi connectivity index (χ2n) is 5.65. The number of likely N-dealkylation sites (tertiary alicyclic amines) is 1. The third kappa shape index (κ3) is 5.77. The zero-order chi connectivity index (χ0) is 14.5. The summed E-state index contributed by atoms with van der Waals surface area (Å²) in [6.45, 7) is 6.80. The molecule has 1 fully saturated rings. The van der Waals surface area contributed by atoms with E-state index in [4.69, 9.17) is 4.74 Å². The van der Waals surface area contributed by atoms with Crippen LogP contribution in [0.3, 0.4) is 0 Å². The average molecular weight is 269 g/mol. The number of nitrogens with zero attached hydrogens (tertiary/aromatic N) is 1. The van der Waals surface area contributed by atoms with E-state index < -0.39 is 5.60 Å². The molecule has 5 heteroatoms. The summed E-state index contributed by atoms with van der Waals surface area (Å²) in [6.07, 6.45) is 3.58. The highest BCUT2D eigenvalue weighted by Gasteiger charge is 2.23. The summed E-state index contributed by atoms with van der Waals surface area (Å²) in [7, 11) is 1.36. The Morgan fingerprint density at radius 2 is 1.89 bits per heavy atom. The fraction of sp³-hybridized carbons (Fsp3) is 0.714. The maximum Gasteiger partial charge on any atom is 0.410 e. The molecule has 0 N–H and O–H groups in total. The molecule has 0 aliphatic carbocycles. The lowest BCUT2D eigenvalue weighted by atomic mass is 10.1. The van der Waals surface area contributed by atoms with E-state index >= 15 is 0 Å². The Morgan fingerprint density at radius 1 is 1.21 bits per heavy atom. The monoisotopic (exact) mass is 269 g/mol. The maximum atomic E-state index is 11.9. The van der Waals surface area contributed by atoms with Gasteiger partial charge in [-0.3, -0.25) is 0 Å². The van der Waals surface area contributed by atoms with Crippen molar-refractivity contribution < 1.29 is 19.1 Å². The molecule has 108 valence electrons. The van der Waals surface area contributed by atoms with Gasteiger partial charge in [0, 0.05) is 19.2 Å². The van der Waals surface area contributed by atoms with E-state index in [2.05, 4.69) is 4.74 Å². The first-order valence-electron chi connectivity index (χ1n) is 6.57. The van der Waals surface area contributed by atoms with Crippen LogP contribution in [0.5, 0.6) is 0 Å². The van der Waals surface area contributed by atoms with Crippen molar-refractivity contribution in [2.45, 2.75) is 45.6 Å². The zero-order valence-corrected chi connectivity index (χ0v) is 12.2. The van der Waals surface area contributed by atoms with Crippen molar-refractivity contribution in [1.82, 2.24) is 4.90 Å². The van der Waals surface area contributed by atoms with Gasteiger partial charge in [0.15, 0.2) is 0 Å². The molecule has 19 heavy (non-hydrogen) atoms. The van der Waals surface area contributed by atoms with Gasteiger partial charge in [-0.05, 0) is 40.0 Å². The lowest BCUT2D eigenvalue weighted by molar-refractivity contribution is -0.134. The molecule has 1 rings (SSSR count). The minimum absolute atomic E-state index is 0.285. The standard InChI is InChI=1S/C14H23NO4/c1-14(2,3)19-13(17)15-8-5-6-11(7-9-15)10-12(16)18-4/h10H,5-9H2,1-4H3. The summed E-state index contributed by atoms with van der Waals surface area (Å²) in [5.41, 5.74) is 0.548. The van der Waals surface area contributed by atoms with Crippen LogP contribution < -0.4 is 0 Å². The molecule has 0 unspecified atom stereocenters. The largest absolute Gasteiger partial charge is 0.466 e. The Hall–Kier alpha value is -1.52. The number of ether oxygens (including phenoxy) is 2. The summed E-state index contributed by atoms with van der Waals surface area (Å²) in [5.74, 6) is -0.333. The first-order chi connectivity index (χ1) is 8.81. The second-order valence-corrected chi connectivity index (χ2v) is 5.65. The van der Waals surface area contributed by atoms with Gasteiger partial charge in [0.2, 0.25) is 0 Å². The van der Waals surface area contributed by atoms with Gasteiger partial charge in [-0.25, -0.2) is 9.59 Å². The van der Waals surface area contributed by atoms with Crippen LogP contribution in [0, 0.1) is 0 Å². The van der Waals surface area contributed by atoms with Crippen LogP contribution in [0.25, 0.3) is 0 Å². The molecule has 0 spiro atoms. The topological polar surface area (TPSA) is 55.8 Å². The second kappa shape index (κ2) is 6.59. The summed E-state index contributed by atoms with van der Waals surface area (Å²) in [5, 5.41) is 0. The lowest BCUT2D eigenvalue weighted by Crippen LogP contribution is -2.37. The molecule has 0 aromatic carbocycles. The molecule has 0 bridgehead atoms. The smallest absolute Gasteiger partial charge is 0.410 e. The van der Waals surface area contributed by atoms with Gasteiger partial charge in [0.1, 0.15) is 5.60 Å². The third-order valence-corrected chi connectivity index (χ3v) is 2.80. The summed E-state index contributed by atoms with van der Waals surface area (Å²) >= 11 is 0. The Kier molecular flexibility index (Phi) is 5.39. The van der Waals surface area contributed by atoms with Crippen LogP contribution in [0.2, 0.25) is 0 Å². The SMILES string of the molecule is COC(=O)C=C1CCCN(C(=O)OC(C)(C)C)CC1. The van der Waals surface area contributed by atoms with Crippen molar-refractivity contribution in [1.29, 1.82) is 0 Å². The van der Waals surface area contributed by atoms with Gasteiger partial charge in [-0.15, -0.1) is 0 Å². The molecular formula is C14H23NO4. The fourth-order valence-electron chi connectivity index (χ4n) is 1.89. The number of rotatable bonds is 1. The van der Waals surface area contributed by atoms with Gasteiger partial charge < -0.3 is 14.4 Å². The van der Waals surface area contributed by atoms with Gasteiger partial charge in [-0.1, -0.05) is 5.57 Å². The van der Waals surface area contributed by atoms with Gasteiger partial charge in [0.05, 0.1) is 7.11 Å². The van der Waals surface area contributed by atoms with Crippen LogP contribution in [0.15, 0.2) is 11.6 Å². The van der Waals surface area contributed by atoms with Crippen LogP contribution >= 0.6 is 0 Å². The number of esters is 1. The Morgan fingerprint density at radius 3 is 2.47 bits per heavy atom. The Bertz CT molecular complexity index is 368. The highest BCUT2D eigenvalue weighted by Crippen LogP contribution is 2.19. The number of carbonyl (C=O) groups is 2. The molecule has 1 heterocycles. The average Bonchev–Trinajstić information content (AvgIpc) is 2.52. The lowest BCUT2D eigenvalue weighted by Gasteiger charge is -2.26. The molecule has 0 aromatic rings. The molecule has 5 nitrogen and oxygen atoms in total. The molecule has 1 saturated heterocycles. The number of amides is 1. The number of hydrogen-bond donors (Lipinski definition) is 0. The number of hydrogen-bond acceptors (Lipinski definition) is 4. The summed E-state index contributed by atoms with van der Waals surface area (Å²) in [4.78, 5) is 24.8. The van der Waals surface area contributed by atoms with Crippen LogP contribution in [-0.2, 0) is 14.3 Å². The van der Waals surface area contributed by atoms with Crippen molar-refractivity contribution in [3.05, 3.63) is 11.6 Å². The van der Waals surface area contributed by atoms with Gasteiger partial charge >= 0.3 is 12.1 Å². The van der Waals surface area contributed by atoms with Crippen LogP contribution in [-0.4, -0.2) is 42.8 Å². The predicted molar refractivity (Wildman–Crippen MR) is 71.8 cm³/mol. The molecule has 0 radical (unpaired) electrons. The van der Waals surface area contributed by atoms with Gasteiger partial charge in [0.25, 0.3) is 0 Å². The van der Waals surface area contributed by atoms with E-state index in [0.29, 0.717) is 19.5 Å². The van der Waals surface area contributed by atoms with Crippen LogP contribution in [0.1, 0.15) is 40.0 Å². The quantitative estimate of drug-likeness (QED) is 0.542. The minimum atomic E-state index is -0.478. The van der Waals surface area contributed by atoms with E-state index in [1.165, 1.54) is 13.2 Å². The van der Waals surface area contributed by atoms with E-state index in [-0.39, 0.29) is 12.1 Å². The Labute approximate surface area is 114 Å². The molecular weight excluding hydrogens is 246 g/mol. The maximum absolute atomic E-state index is 11.9. The highest BCUT2D eigenvalue weighted by molar-refractivity contribution is 5.82. The zero-order valence-electron chi connectivity index (χ0n) is 12.2. The van der Waals surface area contributed by atoms with E-state index in [1.54, 1.807) is 4.90 Å². The third-order valence-electron chi connectivity index (χ3n) is 2.80. The Balaban J connectivity index is 2.57. The number of carbonyl (C=O) groups excluding carboxylic acids is 2. The first-order valence-corrected chi connectivity index (χ1v) is 6.57. The van der Waals surface area contributed by atoms with Crippen molar-refractivity contribution in [3.63, 3.8) is 0 Å². The molecule has 0 aromatic heterocycles. The molecule has 1 aliphatic rings. The first kappa shape index (κ1) is 15.5. The van der Waals surface area contributed by atoms with Crippen LogP contribution in [0.4, 0.5) is 4.79 Å². The van der Waals surface area contributed by atoms with Gasteiger partial charge in [-0.2, -0.15) is 0 Å². The predicted octanol–water partition coefficient (Wildman–Crippen LogP) is 2.51. The van der Waals surface area contributed by atoms with Crippen molar-refractivity contribution in [2.24, 2.45) is 0 Å². The molecule has 1 amide bonds. The highest BCUT2D eigenvalue weighted by atomic mass is 16.6. The minimum Gasteiger partial charge on any atom is -0.466 e. The fourth-order valence-corrected chi connectivity index (χ4v) is 1.89. The van der Waals surface area contributed by atoms with E-state index in [0.717, 1.165) is 18.4 Å². The van der Waals surface area contributed by atoms with Crippen molar-refractivity contribution >= 4 is 12.1 Å². The summed E-state index contributed by atoms with van der Waals surface area (Å²) < 4.78 is 9.96.